The second kappa shape index (κ2) is 9.12. The first-order valence-corrected chi connectivity index (χ1v) is 8.73. The third-order valence-electron chi connectivity index (χ3n) is 4.24. The lowest BCUT2D eigenvalue weighted by Gasteiger charge is -2.23. The van der Waals surface area contributed by atoms with Crippen molar-refractivity contribution >= 4 is 17.6 Å². The molecular formula is C20H23N2O4+. The van der Waals surface area contributed by atoms with Crippen LogP contribution in [-0.2, 0) is 20.8 Å². The van der Waals surface area contributed by atoms with Crippen LogP contribution in [0.3, 0.4) is 0 Å². The van der Waals surface area contributed by atoms with E-state index in [2.05, 4.69) is 5.32 Å². The van der Waals surface area contributed by atoms with Gasteiger partial charge in [0.05, 0.1) is 18.8 Å². The molecule has 1 fully saturated rings. The van der Waals surface area contributed by atoms with Gasteiger partial charge in [0, 0.05) is 11.3 Å². The number of hydrogen-bond donors (Lipinski definition) is 2. The maximum Gasteiger partial charge on any atom is 0.338 e. The molecule has 1 saturated heterocycles. The van der Waals surface area contributed by atoms with Crippen LogP contribution in [-0.4, -0.2) is 44.8 Å². The fourth-order valence-electron chi connectivity index (χ4n) is 2.82. The Morgan fingerprint density at radius 1 is 1.00 bits per heavy atom. The van der Waals surface area contributed by atoms with Crippen LogP contribution in [0.15, 0.2) is 54.6 Å². The summed E-state index contributed by atoms with van der Waals surface area (Å²) in [7, 11) is 0. The van der Waals surface area contributed by atoms with Gasteiger partial charge >= 0.3 is 5.97 Å². The van der Waals surface area contributed by atoms with Gasteiger partial charge in [-0.3, -0.25) is 4.79 Å². The molecule has 6 heteroatoms. The summed E-state index contributed by atoms with van der Waals surface area (Å²) in [5.41, 5.74) is 2.28. The summed E-state index contributed by atoms with van der Waals surface area (Å²) in [6.45, 7) is 4.20. The van der Waals surface area contributed by atoms with Gasteiger partial charge in [0.1, 0.15) is 19.6 Å². The summed E-state index contributed by atoms with van der Waals surface area (Å²) in [5, 5.41) is 2.67. The molecule has 1 amide bonds. The summed E-state index contributed by atoms with van der Waals surface area (Å²) in [4.78, 5) is 25.4. The number of amides is 1. The lowest BCUT2D eigenvalue weighted by atomic mass is 10.1. The lowest BCUT2D eigenvalue weighted by molar-refractivity contribution is -0.921. The minimum Gasteiger partial charge on any atom is -0.452 e. The van der Waals surface area contributed by atoms with Gasteiger partial charge in [0.25, 0.3) is 5.91 Å². The summed E-state index contributed by atoms with van der Waals surface area (Å²) in [5.74, 6) is -0.865. The van der Waals surface area contributed by atoms with Crippen LogP contribution >= 0.6 is 0 Å². The summed E-state index contributed by atoms with van der Waals surface area (Å²) < 4.78 is 10.4. The van der Waals surface area contributed by atoms with E-state index < -0.39 is 5.97 Å². The molecule has 0 aromatic heterocycles. The summed E-state index contributed by atoms with van der Waals surface area (Å²) in [6, 6.07) is 16.4. The van der Waals surface area contributed by atoms with Crippen molar-refractivity contribution in [3.05, 3.63) is 65.7 Å². The van der Waals surface area contributed by atoms with Crippen molar-refractivity contribution in [1.29, 1.82) is 0 Å². The van der Waals surface area contributed by atoms with Gasteiger partial charge in [-0.2, -0.15) is 0 Å². The highest BCUT2D eigenvalue weighted by Crippen LogP contribution is 2.07. The Hall–Kier alpha value is -2.70. The van der Waals surface area contributed by atoms with Crippen molar-refractivity contribution in [2.75, 3.05) is 38.2 Å². The van der Waals surface area contributed by atoms with Crippen LogP contribution in [0.25, 0.3) is 0 Å². The average molecular weight is 355 g/mol. The minimum absolute atomic E-state index is 0.312. The first-order valence-electron chi connectivity index (χ1n) is 8.73. The molecule has 0 unspecified atom stereocenters. The van der Waals surface area contributed by atoms with Crippen LogP contribution in [0.2, 0.25) is 0 Å². The lowest BCUT2D eigenvalue weighted by Crippen LogP contribution is -3.12. The molecule has 2 aromatic rings. The number of ether oxygens (including phenoxy) is 2. The fraction of sp³-hybridized carbons (Fsp3) is 0.300. The zero-order valence-electron chi connectivity index (χ0n) is 14.6. The molecule has 0 bridgehead atoms. The van der Waals surface area contributed by atoms with E-state index >= 15 is 0 Å². The summed E-state index contributed by atoms with van der Waals surface area (Å²) >= 11 is 0. The van der Waals surface area contributed by atoms with E-state index in [1.807, 2.05) is 30.3 Å². The Balaban J connectivity index is 1.46. The number of carbonyl (C=O) groups is 2. The molecule has 1 heterocycles. The number of benzene rings is 2. The Morgan fingerprint density at radius 2 is 1.69 bits per heavy atom. The van der Waals surface area contributed by atoms with Gasteiger partial charge in [-0.05, 0) is 24.3 Å². The third-order valence-corrected chi connectivity index (χ3v) is 4.24. The number of esters is 1. The normalized spacial score (nSPS) is 14.6. The van der Waals surface area contributed by atoms with Gasteiger partial charge in [-0.15, -0.1) is 0 Å². The van der Waals surface area contributed by atoms with Crippen LogP contribution in [0.5, 0.6) is 0 Å². The Bertz CT molecular complexity index is 725. The number of nitrogens with one attached hydrogen (secondary N) is 2. The third kappa shape index (κ3) is 5.40. The van der Waals surface area contributed by atoms with Gasteiger partial charge in [-0.25, -0.2) is 4.79 Å². The van der Waals surface area contributed by atoms with Gasteiger partial charge in [-0.1, -0.05) is 30.3 Å². The zero-order valence-corrected chi connectivity index (χ0v) is 14.6. The highest BCUT2D eigenvalue weighted by Gasteiger charge is 2.15. The monoisotopic (exact) mass is 355 g/mol. The van der Waals surface area contributed by atoms with Crippen molar-refractivity contribution < 1.29 is 24.0 Å². The molecule has 0 radical (unpaired) electrons. The molecule has 2 aromatic carbocycles. The quantitative estimate of drug-likeness (QED) is 0.756. The highest BCUT2D eigenvalue weighted by molar-refractivity contribution is 5.95. The maximum atomic E-state index is 12.1. The van der Waals surface area contributed by atoms with E-state index in [-0.39, 0.29) is 12.5 Å². The topological polar surface area (TPSA) is 69.1 Å². The number of carbonyl (C=O) groups excluding carboxylic acids is 2. The smallest absolute Gasteiger partial charge is 0.338 e. The van der Waals surface area contributed by atoms with Gasteiger partial charge < -0.3 is 19.7 Å². The molecule has 1 aliphatic rings. The molecule has 1 aliphatic heterocycles. The second-order valence-electron chi connectivity index (χ2n) is 6.23. The second-order valence-corrected chi connectivity index (χ2v) is 6.23. The van der Waals surface area contributed by atoms with E-state index in [0.717, 1.165) is 32.8 Å². The molecule has 0 spiro atoms. The fourth-order valence-corrected chi connectivity index (χ4v) is 2.82. The molecule has 2 N–H and O–H groups in total. The zero-order chi connectivity index (χ0) is 18.2. The number of morpholine rings is 1. The molecule has 136 valence electrons. The highest BCUT2D eigenvalue weighted by atomic mass is 16.5. The predicted molar refractivity (Wildman–Crippen MR) is 97.0 cm³/mol. The molecule has 26 heavy (non-hydrogen) atoms. The number of hydrogen-bond acceptors (Lipinski definition) is 4. The Kier molecular flexibility index (Phi) is 6.35. The molecule has 0 saturated carbocycles. The van der Waals surface area contributed by atoms with Gasteiger partial charge in [0.15, 0.2) is 6.61 Å². The standard InChI is InChI=1S/C20H22N2O4/c23-19(21-18-4-2-1-3-5-18)15-26-20(24)17-8-6-16(7-9-17)14-22-10-12-25-13-11-22/h1-9H,10-15H2,(H,21,23)/p+1. The van der Waals surface area contributed by atoms with Crippen molar-refractivity contribution in [3.63, 3.8) is 0 Å². The number of quaternary nitrogens is 1. The van der Waals surface area contributed by atoms with Crippen molar-refractivity contribution in [2.45, 2.75) is 6.54 Å². The number of para-hydroxylation sites is 1. The number of anilines is 1. The maximum absolute atomic E-state index is 12.1. The average Bonchev–Trinajstić information content (AvgIpc) is 2.68. The predicted octanol–water partition coefficient (Wildman–Crippen LogP) is 0.897. The molecule has 3 rings (SSSR count). The van der Waals surface area contributed by atoms with E-state index in [1.165, 1.54) is 10.5 Å². The summed E-state index contributed by atoms with van der Waals surface area (Å²) in [6.07, 6.45) is 0. The van der Waals surface area contributed by atoms with E-state index in [9.17, 15) is 9.59 Å². The first kappa shape index (κ1) is 18.1. The van der Waals surface area contributed by atoms with E-state index in [1.54, 1.807) is 24.3 Å². The Labute approximate surface area is 152 Å². The Morgan fingerprint density at radius 3 is 2.38 bits per heavy atom. The molecule has 0 aliphatic carbocycles. The van der Waals surface area contributed by atoms with Crippen LogP contribution in [0.4, 0.5) is 5.69 Å². The van der Waals surface area contributed by atoms with Crippen molar-refractivity contribution in [3.8, 4) is 0 Å². The van der Waals surface area contributed by atoms with Crippen molar-refractivity contribution in [2.24, 2.45) is 0 Å². The van der Waals surface area contributed by atoms with Crippen LogP contribution in [0, 0.1) is 0 Å². The molecule has 6 nitrogen and oxygen atoms in total. The van der Waals surface area contributed by atoms with Crippen LogP contribution in [0.1, 0.15) is 15.9 Å². The largest absolute Gasteiger partial charge is 0.452 e. The van der Waals surface area contributed by atoms with Gasteiger partial charge in [0.2, 0.25) is 0 Å². The first-order chi connectivity index (χ1) is 12.7. The van der Waals surface area contributed by atoms with Crippen molar-refractivity contribution in [1.82, 2.24) is 0 Å². The molecular weight excluding hydrogens is 332 g/mol. The van der Waals surface area contributed by atoms with E-state index in [0.29, 0.717) is 11.3 Å². The molecule has 0 atom stereocenters. The van der Waals surface area contributed by atoms with E-state index in [4.69, 9.17) is 9.47 Å². The van der Waals surface area contributed by atoms with Crippen LogP contribution < -0.4 is 10.2 Å². The minimum atomic E-state index is -0.501. The number of rotatable bonds is 6. The SMILES string of the molecule is O=C(COC(=O)c1ccc(C[NH+]2CCOCC2)cc1)Nc1ccccc1.